The van der Waals surface area contributed by atoms with Gasteiger partial charge in [0.25, 0.3) is 5.91 Å². The standard InChI is InChI=1S/C28H30N4O3S/c1-3-13-32-14-12-23-21(16-32)25(19-9-4-6-10-22(19)30-23)28(34)35-17(2)26(33)31-27-20(15-29)18-8-5-7-11-24(18)36-27/h4,6,9-10,17H,3,5,7-8,11-14,16H2,1-2H3,(H,31,33). The Hall–Kier alpha value is -3.28. The number of esters is 1. The van der Waals surface area contributed by atoms with Crippen molar-refractivity contribution in [2.45, 2.75) is 65.0 Å². The number of pyridine rings is 1. The Bertz CT molecular complexity index is 1370. The number of amides is 1. The molecular weight excluding hydrogens is 472 g/mol. The molecule has 0 spiro atoms. The number of nitrogens with one attached hydrogen (secondary N) is 1. The fraction of sp³-hybridized carbons (Fsp3) is 0.429. The topological polar surface area (TPSA) is 95.3 Å². The van der Waals surface area contributed by atoms with Crippen LogP contribution < -0.4 is 5.32 Å². The number of thiophene rings is 1. The second-order valence-corrected chi connectivity index (χ2v) is 10.6. The monoisotopic (exact) mass is 502 g/mol. The summed E-state index contributed by atoms with van der Waals surface area (Å²) in [4.78, 5) is 34.9. The van der Waals surface area contributed by atoms with Crippen molar-refractivity contribution in [3.63, 3.8) is 0 Å². The van der Waals surface area contributed by atoms with Gasteiger partial charge in [-0.15, -0.1) is 11.3 Å². The zero-order valence-corrected chi connectivity index (χ0v) is 21.5. The summed E-state index contributed by atoms with van der Waals surface area (Å²) in [5.74, 6) is -0.949. The molecule has 1 amide bonds. The molecule has 1 atom stereocenters. The Morgan fingerprint density at radius 3 is 2.83 bits per heavy atom. The summed E-state index contributed by atoms with van der Waals surface area (Å²) in [7, 11) is 0. The number of rotatable bonds is 6. The molecule has 1 aromatic carbocycles. The molecule has 3 heterocycles. The predicted molar refractivity (Wildman–Crippen MR) is 140 cm³/mol. The van der Waals surface area contributed by atoms with Gasteiger partial charge in [-0.3, -0.25) is 14.7 Å². The van der Waals surface area contributed by atoms with Crippen LogP contribution in [0, 0.1) is 11.3 Å². The van der Waals surface area contributed by atoms with E-state index < -0.39 is 18.0 Å². The maximum Gasteiger partial charge on any atom is 0.339 e. The third kappa shape index (κ3) is 4.61. The van der Waals surface area contributed by atoms with Crippen LogP contribution in [-0.4, -0.2) is 41.0 Å². The van der Waals surface area contributed by atoms with Gasteiger partial charge in [-0.25, -0.2) is 4.79 Å². The van der Waals surface area contributed by atoms with Crippen molar-refractivity contribution in [1.82, 2.24) is 9.88 Å². The molecule has 7 nitrogen and oxygen atoms in total. The number of carbonyl (C=O) groups excluding carboxylic acids is 2. The predicted octanol–water partition coefficient (Wildman–Crippen LogP) is 5.00. The fourth-order valence-electron chi connectivity index (χ4n) is 5.25. The zero-order chi connectivity index (χ0) is 25.2. The van der Waals surface area contributed by atoms with Gasteiger partial charge in [-0.2, -0.15) is 5.26 Å². The van der Waals surface area contributed by atoms with Gasteiger partial charge in [-0.1, -0.05) is 25.1 Å². The Labute approximate surface area is 215 Å². The number of para-hydroxylation sites is 1. The van der Waals surface area contributed by atoms with Gasteiger partial charge in [0.1, 0.15) is 11.1 Å². The molecule has 8 heteroatoms. The lowest BCUT2D eigenvalue weighted by Crippen LogP contribution is -2.34. The molecule has 0 fully saturated rings. The number of aryl methyl sites for hydroxylation is 1. The molecule has 1 unspecified atom stereocenters. The second kappa shape index (κ2) is 10.4. The van der Waals surface area contributed by atoms with Crippen molar-refractivity contribution in [2.24, 2.45) is 0 Å². The highest BCUT2D eigenvalue weighted by Crippen LogP contribution is 2.38. The highest BCUT2D eigenvalue weighted by atomic mass is 32.1. The van der Waals surface area contributed by atoms with Gasteiger partial charge in [0, 0.05) is 41.0 Å². The SMILES string of the molecule is CCCN1CCc2nc3ccccc3c(C(=O)OC(C)C(=O)Nc3sc4c(c3C#N)CCCC4)c2C1. The van der Waals surface area contributed by atoms with Crippen LogP contribution in [0.15, 0.2) is 24.3 Å². The van der Waals surface area contributed by atoms with Crippen LogP contribution >= 0.6 is 11.3 Å². The van der Waals surface area contributed by atoms with E-state index in [9.17, 15) is 14.9 Å². The lowest BCUT2D eigenvalue weighted by atomic mass is 9.95. The summed E-state index contributed by atoms with van der Waals surface area (Å²) in [6, 6.07) is 9.85. The first-order valence-electron chi connectivity index (χ1n) is 12.7. The zero-order valence-electron chi connectivity index (χ0n) is 20.7. The molecule has 186 valence electrons. The normalized spacial score (nSPS) is 16.0. The Morgan fingerprint density at radius 1 is 1.22 bits per heavy atom. The smallest absolute Gasteiger partial charge is 0.339 e. The minimum Gasteiger partial charge on any atom is -0.449 e. The summed E-state index contributed by atoms with van der Waals surface area (Å²) in [5, 5.41) is 13.8. The summed E-state index contributed by atoms with van der Waals surface area (Å²) in [6.07, 6.45) is 4.75. The van der Waals surface area contributed by atoms with E-state index in [2.05, 4.69) is 23.2 Å². The number of nitriles is 1. The number of aromatic nitrogens is 1. The third-order valence-corrected chi connectivity index (χ3v) is 8.25. The number of hydrogen-bond acceptors (Lipinski definition) is 7. The van der Waals surface area contributed by atoms with Gasteiger partial charge in [-0.05, 0) is 57.2 Å². The summed E-state index contributed by atoms with van der Waals surface area (Å²) >= 11 is 1.46. The average Bonchev–Trinajstić information content (AvgIpc) is 3.24. The molecule has 1 N–H and O–H groups in total. The van der Waals surface area contributed by atoms with Crippen molar-refractivity contribution in [1.29, 1.82) is 5.26 Å². The molecule has 5 rings (SSSR count). The van der Waals surface area contributed by atoms with Gasteiger partial charge in [0.05, 0.1) is 16.6 Å². The van der Waals surface area contributed by atoms with E-state index in [4.69, 9.17) is 9.72 Å². The Morgan fingerprint density at radius 2 is 2.03 bits per heavy atom. The number of ether oxygens (including phenoxy) is 1. The Kier molecular flexibility index (Phi) is 7.04. The molecule has 36 heavy (non-hydrogen) atoms. The number of fused-ring (bicyclic) bond motifs is 3. The minimum absolute atomic E-state index is 0.432. The minimum atomic E-state index is -1.01. The van der Waals surface area contributed by atoms with E-state index in [1.807, 2.05) is 24.3 Å². The number of benzene rings is 1. The van der Waals surface area contributed by atoms with Crippen LogP contribution in [0.5, 0.6) is 0 Å². The van der Waals surface area contributed by atoms with Crippen LogP contribution in [0.3, 0.4) is 0 Å². The van der Waals surface area contributed by atoms with Crippen LogP contribution in [-0.2, 0) is 35.3 Å². The first-order valence-corrected chi connectivity index (χ1v) is 13.5. The highest BCUT2D eigenvalue weighted by Gasteiger charge is 2.29. The number of hydrogen-bond donors (Lipinski definition) is 1. The lowest BCUT2D eigenvalue weighted by Gasteiger charge is -2.29. The van der Waals surface area contributed by atoms with Crippen LogP contribution in [0.4, 0.5) is 5.00 Å². The third-order valence-electron chi connectivity index (χ3n) is 7.04. The molecule has 2 aromatic heterocycles. The van der Waals surface area contributed by atoms with E-state index in [1.54, 1.807) is 6.92 Å². The molecule has 2 aliphatic rings. The fourth-order valence-corrected chi connectivity index (χ4v) is 6.49. The molecule has 1 aliphatic heterocycles. The number of carbonyl (C=O) groups is 2. The van der Waals surface area contributed by atoms with Crippen molar-refractivity contribution in [3.05, 3.63) is 57.1 Å². The number of anilines is 1. The summed E-state index contributed by atoms with van der Waals surface area (Å²) in [5.41, 5.74) is 4.68. The summed E-state index contributed by atoms with van der Waals surface area (Å²) in [6.45, 7) is 6.22. The second-order valence-electron chi connectivity index (χ2n) is 9.52. The maximum atomic E-state index is 13.5. The maximum absolute atomic E-state index is 13.5. The van der Waals surface area contributed by atoms with E-state index in [1.165, 1.54) is 16.2 Å². The molecular formula is C28H30N4O3S. The summed E-state index contributed by atoms with van der Waals surface area (Å²) < 4.78 is 5.74. The van der Waals surface area contributed by atoms with Gasteiger partial charge >= 0.3 is 5.97 Å². The Balaban J connectivity index is 1.40. The molecule has 0 bridgehead atoms. The quantitative estimate of drug-likeness (QED) is 0.477. The van der Waals surface area contributed by atoms with Crippen molar-refractivity contribution in [2.75, 3.05) is 18.4 Å². The van der Waals surface area contributed by atoms with Crippen molar-refractivity contribution >= 4 is 39.1 Å². The lowest BCUT2D eigenvalue weighted by molar-refractivity contribution is -0.123. The van der Waals surface area contributed by atoms with Gasteiger partial charge in [0.15, 0.2) is 6.10 Å². The molecule has 3 aromatic rings. The van der Waals surface area contributed by atoms with Gasteiger partial charge in [0.2, 0.25) is 0 Å². The number of nitrogens with zero attached hydrogens (tertiary/aromatic N) is 3. The first-order chi connectivity index (χ1) is 17.5. The first kappa shape index (κ1) is 24.4. The van der Waals surface area contributed by atoms with Crippen LogP contribution in [0.1, 0.15) is 70.7 Å². The average molecular weight is 503 g/mol. The molecule has 0 radical (unpaired) electrons. The van der Waals surface area contributed by atoms with Crippen LogP contribution in [0.25, 0.3) is 10.9 Å². The van der Waals surface area contributed by atoms with Crippen LogP contribution in [0.2, 0.25) is 0 Å². The van der Waals surface area contributed by atoms with Crippen molar-refractivity contribution in [3.8, 4) is 6.07 Å². The largest absolute Gasteiger partial charge is 0.449 e. The highest BCUT2D eigenvalue weighted by molar-refractivity contribution is 7.16. The van der Waals surface area contributed by atoms with E-state index in [-0.39, 0.29) is 0 Å². The molecule has 0 saturated heterocycles. The van der Waals surface area contributed by atoms with Crippen molar-refractivity contribution < 1.29 is 14.3 Å². The molecule has 0 saturated carbocycles. The van der Waals surface area contributed by atoms with E-state index >= 15 is 0 Å². The van der Waals surface area contributed by atoms with E-state index in [0.29, 0.717) is 22.7 Å². The van der Waals surface area contributed by atoms with Gasteiger partial charge < -0.3 is 10.1 Å². The van der Waals surface area contributed by atoms with E-state index in [0.717, 1.165) is 79.3 Å². The molecule has 1 aliphatic carbocycles.